The van der Waals surface area contributed by atoms with Crippen molar-refractivity contribution in [3.05, 3.63) is 34.9 Å². The van der Waals surface area contributed by atoms with Gasteiger partial charge in [0.2, 0.25) is 0 Å². The maximum atomic E-state index is 6.13. The number of hydrogen-bond donors (Lipinski definition) is 1. The molecule has 16 heavy (non-hydrogen) atoms. The molecular formula is C13H21ClN2. The molecule has 0 saturated heterocycles. The van der Waals surface area contributed by atoms with Gasteiger partial charge in [-0.15, -0.1) is 0 Å². The van der Waals surface area contributed by atoms with E-state index in [0.717, 1.165) is 23.6 Å². The first kappa shape index (κ1) is 13.5. The molecule has 0 aliphatic rings. The predicted molar refractivity (Wildman–Crippen MR) is 70.8 cm³/mol. The third-order valence-electron chi connectivity index (χ3n) is 2.98. The zero-order valence-electron chi connectivity index (χ0n) is 10.3. The van der Waals surface area contributed by atoms with E-state index in [0.29, 0.717) is 6.04 Å². The molecule has 3 heteroatoms. The van der Waals surface area contributed by atoms with E-state index >= 15 is 0 Å². The van der Waals surface area contributed by atoms with Gasteiger partial charge in [0.1, 0.15) is 0 Å². The fourth-order valence-corrected chi connectivity index (χ4v) is 1.81. The minimum absolute atomic E-state index is 0.0231. The molecule has 0 spiro atoms. The molecule has 0 aliphatic carbocycles. The highest BCUT2D eigenvalue weighted by Crippen LogP contribution is 2.23. The van der Waals surface area contributed by atoms with Crippen LogP contribution < -0.4 is 5.73 Å². The highest BCUT2D eigenvalue weighted by molar-refractivity contribution is 6.31. The SMILES string of the molecule is CC(C)N(C)CCC(N)c1ccccc1Cl. The Morgan fingerprint density at radius 3 is 2.50 bits per heavy atom. The van der Waals surface area contributed by atoms with Crippen LogP contribution in [0.4, 0.5) is 0 Å². The van der Waals surface area contributed by atoms with Crippen molar-refractivity contribution < 1.29 is 0 Å². The smallest absolute Gasteiger partial charge is 0.0453 e. The Hall–Kier alpha value is -0.570. The fraction of sp³-hybridized carbons (Fsp3) is 0.538. The zero-order chi connectivity index (χ0) is 12.1. The van der Waals surface area contributed by atoms with E-state index < -0.39 is 0 Å². The van der Waals surface area contributed by atoms with Gasteiger partial charge in [-0.1, -0.05) is 29.8 Å². The first-order chi connectivity index (χ1) is 7.52. The van der Waals surface area contributed by atoms with Gasteiger partial charge in [0, 0.05) is 17.1 Å². The van der Waals surface area contributed by atoms with E-state index in [9.17, 15) is 0 Å². The number of benzene rings is 1. The van der Waals surface area contributed by atoms with Crippen LogP contribution in [0.2, 0.25) is 5.02 Å². The van der Waals surface area contributed by atoms with E-state index in [1.54, 1.807) is 0 Å². The molecule has 0 fully saturated rings. The third kappa shape index (κ3) is 3.78. The maximum absolute atomic E-state index is 6.13. The number of nitrogens with zero attached hydrogens (tertiary/aromatic N) is 1. The van der Waals surface area contributed by atoms with Crippen LogP contribution in [-0.2, 0) is 0 Å². The number of hydrogen-bond acceptors (Lipinski definition) is 2. The average Bonchev–Trinajstić information content (AvgIpc) is 2.25. The predicted octanol–water partition coefficient (Wildman–Crippen LogP) is 3.07. The van der Waals surface area contributed by atoms with Crippen LogP contribution in [0.3, 0.4) is 0 Å². The van der Waals surface area contributed by atoms with Crippen molar-refractivity contribution in [3.8, 4) is 0 Å². The summed E-state index contributed by atoms with van der Waals surface area (Å²) in [5, 5.41) is 0.766. The summed E-state index contributed by atoms with van der Waals surface area (Å²) in [7, 11) is 2.12. The highest BCUT2D eigenvalue weighted by atomic mass is 35.5. The molecule has 2 N–H and O–H groups in total. The van der Waals surface area contributed by atoms with Gasteiger partial charge < -0.3 is 10.6 Å². The molecule has 1 rings (SSSR count). The van der Waals surface area contributed by atoms with Gasteiger partial charge in [-0.3, -0.25) is 0 Å². The lowest BCUT2D eigenvalue weighted by Crippen LogP contribution is -2.29. The fourth-order valence-electron chi connectivity index (χ4n) is 1.53. The standard InChI is InChI=1S/C13H21ClN2/c1-10(2)16(3)9-8-13(15)11-6-4-5-7-12(11)14/h4-7,10,13H,8-9,15H2,1-3H3. The van der Waals surface area contributed by atoms with Crippen LogP contribution in [0.1, 0.15) is 31.9 Å². The molecule has 1 atom stereocenters. The first-order valence-electron chi connectivity index (χ1n) is 5.72. The second-order valence-corrected chi connectivity index (χ2v) is 4.90. The molecule has 90 valence electrons. The van der Waals surface area contributed by atoms with Crippen molar-refractivity contribution >= 4 is 11.6 Å². The van der Waals surface area contributed by atoms with Crippen LogP contribution in [-0.4, -0.2) is 24.5 Å². The largest absolute Gasteiger partial charge is 0.324 e. The lowest BCUT2D eigenvalue weighted by molar-refractivity contribution is 0.263. The molecule has 0 aliphatic heterocycles. The Balaban J connectivity index is 2.53. The van der Waals surface area contributed by atoms with E-state index in [1.807, 2.05) is 24.3 Å². The molecule has 1 aromatic carbocycles. The van der Waals surface area contributed by atoms with Crippen molar-refractivity contribution in [2.75, 3.05) is 13.6 Å². The summed E-state index contributed by atoms with van der Waals surface area (Å²) in [5.74, 6) is 0. The van der Waals surface area contributed by atoms with Gasteiger partial charge >= 0.3 is 0 Å². The third-order valence-corrected chi connectivity index (χ3v) is 3.32. The van der Waals surface area contributed by atoms with E-state index in [-0.39, 0.29) is 6.04 Å². The molecule has 1 aromatic rings. The Morgan fingerprint density at radius 1 is 1.31 bits per heavy atom. The Bertz CT molecular complexity index is 325. The van der Waals surface area contributed by atoms with Crippen molar-refractivity contribution in [1.82, 2.24) is 4.90 Å². The first-order valence-corrected chi connectivity index (χ1v) is 6.10. The molecular weight excluding hydrogens is 220 g/mol. The summed E-state index contributed by atoms with van der Waals surface area (Å²) >= 11 is 6.10. The van der Waals surface area contributed by atoms with Gasteiger partial charge in [-0.2, -0.15) is 0 Å². The topological polar surface area (TPSA) is 29.3 Å². The Kier molecular flexibility index (Phi) is 5.26. The van der Waals surface area contributed by atoms with Crippen molar-refractivity contribution in [3.63, 3.8) is 0 Å². The molecule has 0 heterocycles. The molecule has 0 amide bonds. The monoisotopic (exact) mass is 240 g/mol. The van der Waals surface area contributed by atoms with Crippen LogP contribution in [0.5, 0.6) is 0 Å². The molecule has 2 nitrogen and oxygen atoms in total. The second-order valence-electron chi connectivity index (χ2n) is 4.49. The summed E-state index contributed by atoms with van der Waals surface area (Å²) in [6, 6.07) is 8.38. The van der Waals surface area contributed by atoms with Crippen molar-refractivity contribution in [1.29, 1.82) is 0 Å². The molecule has 1 unspecified atom stereocenters. The van der Waals surface area contributed by atoms with E-state index in [2.05, 4.69) is 25.8 Å². The van der Waals surface area contributed by atoms with Gasteiger partial charge in [-0.05, 0) is 45.5 Å². The van der Waals surface area contributed by atoms with Crippen molar-refractivity contribution in [2.24, 2.45) is 5.73 Å². The molecule has 0 saturated carbocycles. The summed E-state index contributed by atoms with van der Waals surface area (Å²) in [5.41, 5.74) is 7.18. The van der Waals surface area contributed by atoms with Gasteiger partial charge in [0.05, 0.1) is 0 Å². The lowest BCUT2D eigenvalue weighted by Gasteiger charge is -2.23. The maximum Gasteiger partial charge on any atom is 0.0453 e. The Morgan fingerprint density at radius 2 is 1.94 bits per heavy atom. The van der Waals surface area contributed by atoms with Gasteiger partial charge in [0.25, 0.3) is 0 Å². The highest BCUT2D eigenvalue weighted by Gasteiger charge is 2.11. The molecule has 0 bridgehead atoms. The van der Waals surface area contributed by atoms with Crippen LogP contribution in [0.15, 0.2) is 24.3 Å². The summed E-state index contributed by atoms with van der Waals surface area (Å²) in [4.78, 5) is 2.29. The average molecular weight is 241 g/mol. The van der Waals surface area contributed by atoms with Gasteiger partial charge in [0.15, 0.2) is 0 Å². The van der Waals surface area contributed by atoms with Crippen LogP contribution in [0.25, 0.3) is 0 Å². The number of halogens is 1. The minimum Gasteiger partial charge on any atom is -0.324 e. The van der Waals surface area contributed by atoms with Gasteiger partial charge in [-0.25, -0.2) is 0 Å². The lowest BCUT2D eigenvalue weighted by atomic mass is 10.0. The van der Waals surface area contributed by atoms with Crippen LogP contribution >= 0.6 is 11.6 Å². The summed E-state index contributed by atoms with van der Waals surface area (Å²) < 4.78 is 0. The minimum atomic E-state index is 0.0231. The zero-order valence-corrected chi connectivity index (χ0v) is 11.0. The number of nitrogens with two attached hydrogens (primary N) is 1. The second kappa shape index (κ2) is 6.24. The van der Waals surface area contributed by atoms with E-state index in [1.165, 1.54) is 0 Å². The molecule has 0 radical (unpaired) electrons. The normalized spacial score (nSPS) is 13.4. The van der Waals surface area contributed by atoms with E-state index in [4.69, 9.17) is 17.3 Å². The molecule has 0 aromatic heterocycles. The quantitative estimate of drug-likeness (QED) is 0.857. The Labute approximate surface area is 103 Å². The van der Waals surface area contributed by atoms with Crippen molar-refractivity contribution in [2.45, 2.75) is 32.4 Å². The summed E-state index contributed by atoms with van der Waals surface area (Å²) in [6.45, 7) is 5.35. The summed E-state index contributed by atoms with van der Waals surface area (Å²) in [6.07, 6.45) is 0.929. The van der Waals surface area contributed by atoms with Crippen LogP contribution in [0, 0.1) is 0 Å². The number of rotatable bonds is 5.